The van der Waals surface area contributed by atoms with Gasteiger partial charge in [-0.15, -0.1) is 0 Å². The van der Waals surface area contributed by atoms with Gasteiger partial charge in [0.25, 0.3) is 0 Å². The predicted molar refractivity (Wildman–Crippen MR) is 264 cm³/mol. The third kappa shape index (κ3) is 20.9. The largest absolute Gasteiger partial charge is 0.443 e. The Balaban J connectivity index is 1.30. The monoisotopic (exact) mass is 944 g/mol. The number of benzene rings is 2. The summed E-state index contributed by atoms with van der Waals surface area (Å²) in [4.78, 5) is 39.8. The van der Waals surface area contributed by atoms with Crippen LogP contribution in [0.4, 0.5) is 15.3 Å². The Labute approximate surface area is 398 Å². The summed E-state index contributed by atoms with van der Waals surface area (Å²) in [5.74, 6) is -0.395. The van der Waals surface area contributed by atoms with Gasteiger partial charge in [0.05, 0.1) is 36.6 Å². The third-order valence-electron chi connectivity index (χ3n) is 10.9. The van der Waals surface area contributed by atoms with Crippen LogP contribution in [0.1, 0.15) is 84.1 Å². The first-order valence-corrected chi connectivity index (χ1v) is 25.1. The third-order valence-corrected chi connectivity index (χ3v) is 12.7. The molecule has 14 nitrogen and oxygen atoms in total. The zero-order valence-corrected chi connectivity index (χ0v) is 40.3. The highest BCUT2D eigenvalue weighted by molar-refractivity contribution is 7.89. The van der Waals surface area contributed by atoms with Crippen molar-refractivity contribution >= 4 is 33.8 Å². The Hall–Kier alpha value is -5.48. The molecule has 0 bridgehead atoms. The van der Waals surface area contributed by atoms with Gasteiger partial charge in [-0.25, -0.2) is 18.0 Å². The number of carbonyl (C=O) groups is 3. The molecule has 366 valence electrons. The zero-order valence-electron chi connectivity index (χ0n) is 39.5. The van der Waals surface area contributed by atoms with Crippen LogP contribution in [0.15, 0.2) is 132 Å². The number of fused-ring (bicyclic) bond motifs is 1. The number of allylic oxidation sites excluding steroid dienone is 12. The van der Waals surface area contributed by atoms with Crippen molar-refractivity contribution in [1.82, 2.24) is 20.3 Å². The number of sulfonamides is 1. The molecule has 4 rings (SSSR count). The minimum absolute atomic E-state index is 0.0173. The number of amides is 3. The molecule has 2 fully saturated rings. The van der Waals surface area contributed by atoms with Crippen molar-refractivity contribution in [2.75, 3.05) is 45.1 Å². The molecule has 2 aliphatic rings. The lowest BCUT2D eigenvalue weighted by atomic mass is 10.0. The lowest BCUT2D eigenvalue weighted by Crippen LogP contribution is -2.54. The maximum absolute atomic E-state index is 14.2. The van der Waals surface area contributed by atoms with E-state index in [2.05, 4.69) is 83.6 Å². The average Bonchev–Trinajstić information content (AvgIpc) is 3.93. The molecule has 2 aromatic carbocycles. The highest BCUT2D eigenvalue weighted by Gasteiger charge is 2.44. The summed E-state index contributed by atoms with van der Waals surface area (Å²) < 4.78 is 52.8. The molecular weight excluding hydrogens is 871 g/mol. The molecule has 5 unspecified atom stereocenters. The number of hydrogen-bond acceptors (Lipinski definition) is 10. The van der Waals surface area contributed by atoms with E-state index in [1.54, 1.807) is 0 Å². The number of anilines is 1. The van der Waals surface area contributed by atoms with Crippen LogP contribution >= 0.6 is 0 Å². The normalized spacial score (nSPS) is 18.6. The van der Waals surface area contributed by atoms with E-state index in [-0.39, 0.29) is 68.3 Å². The summed E-state index contributed by atoms with van der Waals surface area (Å²) in [6.07, 6.45) is 29.1. The number of alkyl carbamates (subject to hydrolysis) is 2. The molecule has 0 saturated carbocycles. The van der Waals surface area contributed by atoms with Crippen molar-refractivity contribution in [3.05, 3.63) is 133 Å². The van der Waals surface area contributed by atoms with Crippen molar-refractivity contribution in [2.45, 2.75) is 114 Å². The fraction of sp³-hybridized carbons (Fsp3) is 0.481. The zero-order chi connectivity index (χ0) is 48.1. The summed E-state index contributed by atoms with van der Waals surface area (Å²) >= 11 is 0. The number of hydrogen-bond donors (Lipinski definition) is 4. The quantitative estimate of drug-likeness (QED) is 0.0349. The second-order valence-corrected chi connectivity index (χ2v) is 18.8. The van der Waals surface area contributed by atoms with Crippen molar-refractivity contribution in [3.63, 3.8) is 0 Å². The Morgan fingerprint density at radius 3 is 1.99 bits per heavy atom. The second-order valence-electron chi connectivity index (χ2n) is 16.9. The van der Waals surface area contributed by atoms with Crippen LogP contribution in [0.25, 0.3) is 0 Å². The number of rotatable bonds is 29. The van der Waals surface area contributed by atoms with E-state index in [4.69, 9.17) is 24.7 Å². The van der Waals surface area contributed by atoms with Crippen molar-refractivity contribution in [1.29, 1.82) is 0 Å². The highest BCUT2D eigenvalue weighted by atomic mass is 32.2. The molecule has 2 aliphatic heterocycles. The molecule has 0 aromatic heterocycles. The molecule has 3 amide bonds. The topological polar surface area (TPSA) is 188 Å². The molecule has 5 atom stereocenters. The first kappa shape index (κ1) is 54.1. The molecule has 2 heterocycles. The van der Waals surface area contributed by atoms with E-state index in [0.29, 0.717) is 25.1 Å². The maximum Gasteiger partial charge on any atom is 0.407 e. The minimum atomic E-state index is -4.13. The van der Waals surface area contributed by atoms with Gasteiger partial charge in [-0.3, -0.25) is 4.79 Å². The summed E-state index contributed by atoms with van der Waals surface area (Å²) in [6.45, 7) is 6.55. The van der Waals surface area contributed by atoms with E-state index >= 15 is 0 Å². The predicted octanol–water partition coefficient (Wildman–Crippen LogP) is 8.70. The Morgan fingerprint density at radius 1 is 0.776 bits per heavy atom. The van der Waals surface area contributed by atoms with Crippen molar-refractivity contribution in [3.8, 4) is 0 Å². The van der Waals surface area contributed by atoms with Crippen LogP contribution in [-0.2, 0) is 40.2 Å². The van der Waals surface area contributed by atoms with Crippen LogP contribution in [0.2, 0.25) is 0 Å². The molecule has 5 N–H and O–H groups in total. The fourth-order valence-corrected chi connectivity index (χ4v) is 9.03. The van der Waals surface area contributed by atoms with Gasteiger partial charge in [0.2, 0.25) is 15.9 Å². The number of nitrogens with two attached hydrogens (primary N) is 1. The maximum atomic E-state index is 14.2. The number of ether oxygens (including phenoxy) is 4. The van der Waals surface area contributed by atoms with Gasteiger partial charge < -0.3 is 40.6 Å². The first-order valence-electron chi connectivity index (χ1n) is 23.7. The van der Waals surface area contributed by atoms with E-state index in [0.717, 1.165) is 44.1 Å². The lowest BCUT2D eigenvalue weighted by Gasteiger charge is -2.33. The van der Waals surface area contributed by atoms with Gasteiger partial charge in [0.15, 0.2) is 6.29 Å². The molecular formula is C52H73N5O9S. The van der Waals surface area contributed by atoms with Crippen molar-refractivity contribution in [2.24, 2.45) is 11.8 Å². The van der Waals surface area contributed by atoms with Crippen LogP contribution in [0.5, 0.6) is 0 Å². The summed E-state index contributed by atoms with van der Waals surface area (Å²) in [5, 5.41) is 8.39. The van der Waals surface area contributed by atoms with Gasteiger partial charge in [-0.05, 0) is 93.5 Å². The smallest absolute Gasteiger partial charge is 0.407 e. The summed E-state index contributed by atoms with van der Waals surface area (Å²) in [5.41, 5.74) is 7.09. The fourth-order valence-electron chi connectivity index (χ4n) is 7.42. The Bertz CT molecular complexity index is 2070. The number of carbonyl (C=O) groups excluding carboxylic acids is 3. The molecule has 2 aromatic rings. The molecule has 67 heavy (non-hydrogen) atoms. The Morgan fingerprint density at radius 2 is 1.37 bits per heavy atom. The summed E-state index contributed by atoms with van der Waals surface area (Å²) in [6, 6.07) is 14.2. The van der Waals surface area contributed by atoms with Gasteiger partial charge in [0, 0.05) is 31.7 Å². The van der Waals surface area contributed by atoms with Gasteiger partial charge >= 0.3 is 12.2 Å². The van der Waals surface area contributed by atoms with E-state index in [1.807, 2.05) is 56.3 Å². The highest BCUT2D eigenvalue weighted by Crippen LogP contribution is 2.33. The van der Waals surface area contributed by atoms with Gasteiger partial charge in [-0.2, -0.15) is 4.31 Å². The summed E-state index contributed by atoms with van der Waals surface area (Å²) in [7, 11) is -4.13. The molecule has 0 aliphatic carbocycles. The van der Waals surface area contributed by atoms with Crippen LogP contribution in [0.3, 0.4) is 0 Å². The van der Waals surface area contributed by atoms with Crippen LogP contribution < -0.4 is 21.7 Å². The standard InChI is InChI=1S/C52H73N5O9S/c1-4-5-6-7-8-9-10-11-12-13-14-15-16-17-18-19-20-21-25-28-49(58)54-34-35-55-51(59)65-47(39-57(38-41(2)3)67(61,62)44-31-29-43(53)30-32-44)46(37-42-26-23-22-24-27-42)56-52(60)66-48-40-64-50-45(48)33-36-63-50/h5-6,8-9,11-12,14-15,17-18,20-24,26-27,29-32,41,45-48,50H,4,7,10,13,16,19,25,28,33-40,53H2,1-3H3,(H,54,58)(H,55,59)(H,56,60). The SMILES string of the molecule is CCC=CCC=CCC=CCC=CCC=CCC=CCCC(=O)NCCNC(=O)OC(CN(CC(C)C)S(=O)(=O)c1ccc(N)cc1)C(Cc1ccccc1)NC(=O)OC1COC2OCCC12. The average molecular weight is 944 g/mol. The van der Waals surface area contributed by atoms with E-state index in [1.165, 1.54) is 28.6 Å². The van der Waals surface area contributed by atoms with Gasteiger partial charge in [0.1, 0.15) is 12.2 Å². The minimum Gasteiger partial charge on any atom is -0.443 e. The number of nitrogen functional groups attached to an aromatic ring is 1. The second kappa shape index (κ2) is 30.7. The van der Waals surface area contributed by atoms with Crippen LogP contribution in [-0.4, -0.2) is 94.7 Å². The Kier molecular flexibility index (Phi) is 24.8. The van der Waals surface area contributed by atoms with Crippen LogP contribution in [0, 0.1) is 11.8 Å². The molecule has 15 heteroatoms. The first-order chi connectivity index (χ1) is 32.5. The molecule has 2 saturated heterocycles. The molecule has 0 radical (unpaired) electrons. The van der Waals surface area contributed by atoms with E-state index < -0.39 is 46.7 Å². The van der Waals surface area contributed by atoms with Crippen molar-refractivity contribution < 1.29 is 41.7 Å². The molecule has 0 spiro atoms. The number of nitrogens with one attached hydrogen (secondary N) is 3. The number of nitrogens with zero attached hydrogens (tertiary/aromatic N) is 1. The van der Waals surface area contributed by atoms with Gasteiger partial charge in [-0.1, -0.05) is 124 Å². The van der Waals surface area contributed by atoms with E-state index in [9.17, 15) is 22.8 Å². The lowest BCUT2D eigenvalue weighted by molar-refractivity contribution is -0.121.